The summed E-state index contributed by atoms with van der Waals surface area (Å²) in [6.07, 6.45) is 5.07. The molecule has 0 spiro atoms. The molecule has 1 nitrogen and oxygen atoms in total. The molecule has 1 saturated heterocycles. The monoisotopic (exact) mass is 318 g/mol. The molecule has 0 bridgehead atoms. The lowest BCUT2D eigenvalue weighted by atomic mass is 9.99. The van der Waals surface area contributed by atoms with E-state index in [2.05, 4.69) is 79.7 Å². The van der Waals surface area contributed by atoms with Gasteiger partial charge in [-0.2, -0.15) is 0 Å². The SMILES string of the molecule is C/C=C1\C(O)C=C2C1CC[Si]2(c1ccccc1)c1ccccc1. The van der Waals surface area contributed by atoms with Crippen LogP contribution in [0.1, 0.15) is 13.3 Å². The number of allylic oxidation sites excluding steroid dienone is 2. The van der Waals surface area contributed by atoms with Gasteiger partial charge in [0.1, 0.15) is 8.07 Å². The molecule has 2 unspecified atom stereocenters. The summed E-state index contributed by atoms with van der Waals surface area (Å²) in [4.78, 5) is 0. The Morgan fingerprint density at radius 3 is 2.04 bits per heavy atom. The first-order valence-electron chi connectivity index (χ1n) is 8.45. The van der Waals surface area contributed by atoms with Gasteiger partial charge >= 0.3 is 0 Å². The van der Waals surface area contributed by atoms with Crippen LogP contribution in [0.25, 0.3) is 0 Å². The Balaban J connectivity index is 1.95. The van der Waals surface area contributed by atoms with Crippen molar-refractivity contribution < 1.29 is 5.11 Å². The zero-order valence-corrected chi connectivity index (χ0v) is 14.4. The van der Waals surface area contributed by atoms with E-state index in [1.165, 1.54) is 33.6 Å². The Morgan fingerprint density at radius 2 is 1.52 bits per heavy atom. The summed E-state index contributed by atoms with van der Waals surface area (Å²) in [7, 11) is -1.95. The minimum absolute atomic E-state index is 0.389. The molecule has 0 aromatic heterocycles. The molecule has 1 fully saturated rings. The Bertz CT molecular complexity index is 721. The number of hydrogen-bond acceptors (Lipinski definition) is 1. The van der Waals surface area contributed by atoms with Crippen LogP contribution in [-0.4, -0.2) is 19.3 Å². The van der Waals surface area contributed by atoms with Gasteiger partial charge < -0.3 is 5.11 Å². The van der Waals surface area contributed by atoms with E-state index in [0.29, 0.717) is 5.92 Å². The number of hydrogen-bond donors (Lipinski definition) is 1. The van der Waals surface area contributed by atoms with Crippen LogP contribution in [-0.2, 0) is 0 Å². The standard InChI is InChI=1S/C21H22OSi/c1-2-18-19-13-14-23(21(19)15-20(18)22,16-9-5-3-6-10-16)17-11-7-4-8-12-17/h2-12,15,19-20,22H,13-14H2,1H3/b18-2-. The van der Waals surface area contributed by atoms with Crippen molar-refractivity contribution >= 4 is 18.4 Å². The number of aliphatic hydroxyl groups excluding tert-OH is 1. The van der Waals surface area contributed by atoms with E-state index in [-0.39, 0.29) is 6.10 Å². The molecule has 4 rings (SSSR count). The number of benzene rings is 2. The zero-order valence-electron chi connectivity index (χ0n) is 13.4. The van der Waals surface area contributed by atoms with Crippen molar-refractivity contribution in [1.29, 1.82) is 0 Å². The lowest BCUT2D eigenvalue weighted by Gasteiger charge is -2.30. The molecule has 1 aliphatic heterocycles. The molecule has 116 valence electrons. The van der Waals surface area contributed by atoms with Gasteiger partial charge in [-0.15, -0.1) is 0 Å². The van der Waals surface area contributed by atoms with Crippen molar-refractivity contribution in [3.63, 3.8) is 0 Å². The zero-order chi connectivity index (χ0) is 15.9. The summed E-state index contributed by atoms with van der Waals surface area (Å²) in [6.45, 7) is 2.06. The van der Waals surface area contributed by atoms with Crippen LogP contribution in [0.15, 0.2) is 83.6 Å². The Hall–Kier alpha value is -1.90. The molecular weight excluding hydrogens is 296 g/mol. The van der Waals surface area contributed by atoms with Crippen LogP contribution in [0.5, 0.6) is 0 Å². The van der Waals surface area contributed by atoms with Crippen molar-refractivity contribution in [1.82, 2.24) is 0 Å². The van der Waals surface area contributed by atoms with Gasteiger partial charge in [-0.05, 0) is 35.3 Å². The smallest absolute Gasteiger partial charge is 0.144 e. The van der Waals surface area contributed by atoms with Crippen LogP contribution < -0.4 is 10.4 Å². The Labute approximate surface area is 139 Å². The molecule has 0 radical (unpaired) electrons. The second-order valence-corrected chi connectivity index (χ2v) is 10.6. The molecular formula is C21H22OSi. The third-order valence-electron chi connectivity index (χ3n) is 5.62. The van der Waals surface area contributed by atoms with Crippen LogP contribution in [0.2, 0.25) is 6.04 Å². The highest BCUT2D eigenvalue weighted by atomic mass is 28.3. The van der Waals surface area contributed by atoms with Gasteiger partial charge in [0.25, 0.3) is 0 Å². The first-order chi connectivity index (χ1) is 11.3. The highest BCUT2D eigenvalue weighted by molar-refractivity contribution is 7.08. The predicted octanol–water partition coefficient (Wildman–Crippen LogP) is 3.06. The fourth-order valence-corrected chi connectivity index (χ4v) is 10.1. The molecule has 1 heterocycles. The first-order valence-corrected chi connectivity index (χ1v) is 10.7. The summed E-state index contributed by atoms with van der Waals surface area (Å²) < 4.78 is 0. The minimum Gasteiger partial charge on any atom is -0.385 e. The van der Waals surface area contributed by atoms with E-state index in [9.17, 15) is 5.11 Å². The van der Waals surface area contributed by atoms with Crippen molar-refractivity contribution in [2.45, 2.75) is 25.5 Å². The molecule has 2 atom stereocenters. The maximum Gasteiger partial charge on any atom is 0.144 e. The van der Waals surface area contributed by atoms with Gasteiger partial charge in [0.15, 0.2) is 0 Å². The van der Waals surface area contributed by atoms with Crippen LogP contribution in [0, 0.1) is 5.92 Å². The van der Waals surface area contributed by atoms with Crippen molar-refractivity contribution in [2.75, 3.05) is 0 Å². The third kappa shape index (κ3) is 2.09. The third-order valence-corrected chi connectivity index (χ3v) is 10.8. The van der Waals surface area contributed by atoms with Crippen molar-refractivity contribution in [2.24, 2.45) is 5.92 Å². The molecule has 2 aliphatic rings. The normalized spacial score (nSPS) is 27.0. The fraction of sp³-hybridized carbons (Fsp3) is 0.238. The second kappa shape index (κ2) is 5.62. The lowest BCUT2D eigenvalue weighted by molar-refractivity contribution is 0.257. The molecule has 1 aliphatic carbocycles. The van der Waals surface area contributed by atoms with Gasteiger partial charge in [-0.3, -0.25) is 0 Å². The highest BCUT2D eigenvalue weighted by Crippen LogP contribution is 2.47. The molecule has 2 aromatic carbocycles. The molecule has 0 amide bonds. The average molecular weight is 318 g/mol. The van der Waals surface area contributed by atoms with Crippen molar-refractivity contribution in [3.05, 3.63) is 83.6 Å². The fourth-order valence-electron chi connectivity index (χ4n) is 4.64. The van der Waals surface area contributed by atoms with Crippen LogP contribution in [0.4, 0.5) is 0 Å². The Kier molecular flexibility index (Phi) is 3.59. The van der Waals surface area contributed by atoms with Crippen LogP contribution in [0.3, 0.4) is 0 Å². The minimum atomic E-state index is -1.95. The lowest BCUT2D eigenvalue weighted by Crippen LogP contribution is -2.58. The quantitative estimate of drug-likeness (QED) is 0.666. The summed E-state index contributed by atoms with van der Waals surface area (Å²) >= 11 is 0. The molecule has 2 aromatic rings. The largest absolute Gasteiger partial charge is 0.385 e. The maximum absolute atomic E-state index is 10.5. The van der Waals surface area contributed by atoms with Gasteiger partial charge in [0.05, 0.1) is 6.10 Å². The van der Waals surface area contributed by atoms with Gasteiger partial charge in [0, 0.05) is 5.92 Å². The van der Waals surface area contributed by atoms with Gasteiger partial charge in [0.2, 0.25) is 0 Å². The molecule has 23 heavy (non-hydrogen) atoms. The second-order valence-electron chi connectivity index (χ2n) is 6.58. The van der Waals surface area contributed by atoms with E-state index in [1.54, 1.807) is 0 Å². The number of aliphatic hydroxyl groups is 1. The Morgan fingerprint density at radius 1 is 0.957 bits per heavy atom. The van der Waals surface area contributed by atoms with E-state index in [1.807, 2.05) is 0 Å². The van der Waals surface area contributed by atoms with Crippen molar-refractivity contribution in [3.8, 4) is 0 Å². The summed E-state index contributed by atoms with van der Waals surface area (Å²) in [5.74, 6) is 0.446. The maximum atomic E-state index is 10.5. The van der Waals surface area contributed by atoms with E-state index < -0.39 is 8.07 Å². The van der Waals surface area contributed by atoms with Gasteiger partial charge in [-0.25, -0.2) is 0 Å². The average Bonchev–Trinajstić information content (AvgIpc) is 3.12. The van der Waals surface area contributed by atoms with Gasteiger partial charge in [-0.1, -0.05) is 78.0 Å². The summed E-state index contributed by atoms with van der Waals surface area (Å²) in [5, 5.41) is 15.0. The molecule has 2 heteroatoms. The van der Waals surface area contributed by atoms with E-state index in [0.717, 1.165) is 0 Å². The molecule has 1 N–H and O–H groups in total. The van der Waals surface area contributed by atoms with E-state index in [4.69, 9.17) is 0 Å². The summed E-state index contributed by atoms with van der Waals surface area (Å²) in [6, 6.07) is 23.2. The highest BCUT2D eigenvalue weighted by Gasteiger charge is 2.52. The summed E-state index contributed by atoms with van der Waals surface area (Å²) in [5.41, 5.74) is 1.21. The predicted molar refractivity (Wildman–Crippen MR) is 98.7 cm³/mol. The molecule has 0 saturated carbocycles. The number of fused-ring (bicyclic) bond motifs is 1. The first kappa shape index (κ1) is 14.7. The number of rotatable bonds is 2. The van der Waals surface area contributed by atoms with Crippen LogP contribution >= 0.6 is 0 Å². The topological polar surface area (TPSA) is 20.2 Å². The van der Waals surface area contributed by atoms with E-state index >= 15 is 0 Å².